The van der Waals surface area contributed by atoms with Crippen LogP contribution in [0.2, 0.25) is 0 Å². The number of rotatable bonds is 4. The topological polar surface area (TPSA) is 106 Å². The standard InChI is InChI=1S/C12H14N2O5S/c1-7-6-10(7)12(15)13-20(18,19)11-4-3-9(14(16)17)5-8(11)2/h3-5,7,10H,6H2,1-2H3,(H,13,15)/t7-,10+/m0/s1. The van der Waals surface area contributed by atoms with Crippen LogP contribution < -0.4 is 4.72 Å². The average molecular weight is 298 g/mol. The van der Waals surface area contributed by atoms with Gasteiger partial charge in [-0.15, -0.1) is 0 Å². The lowest BCUT2D eigenvalue weighted by atomic mass is 10.2. The molecule has 7 nitrogen and oxygen atoms in total. The minimum atomic E-state index is -3.98. The third kappa shape index (κ3) is 2.79. The zero-order valence-electron chi connectivity index (χ0n) is 11.0. The molecule has 1 N–H and O–H groups in total. The van der Waals surface area contributed by atoms with Gasteiger partial charge in [-0.3, -0.25) is 14.9 Å². The fourth-order valence-electron chi connectivity index (χ4n) is 2.00. The Morgan fingerprint density at radius 1 is 1.45 bits per heavy atom. The number of nitro groups is 1. The number of hydrogen-bond acceptors (Lipinski definition) is 5. The molecule has 0 saturated heterocycles. The van der Waals surface area contributed by atoms with Crippen LogP contribution in [0.1, 0.15) is 18.9 Å². The Labute approximate surface area is 116 Å². The van der Waals surface area contributed by atoms with Crippen molar-refractivity contribution in [3.63, 3.8) is 0 Å². The largest absolute Gasteiger partial charge is 0.274 e. The Balaban J connectivity index is 2.25. The molecule has 0 bridgehead atoms. The fraction of sp³-hybridized carbons (Fsp3) is 0.417. The quantitative estimate of drug-likeness (QED) is 0.667. The number of nitrogens with one attached hydrogen (secondary N) is 1. The van der Waals surface area contributed by atoms with Gasteiger partial charge in [0.2, 0.25) is 5.91 Å². The number of carbonyl (C=O) groups excluding carboxylic acids is 1. The molecule has 0 radical (unpaired) electrons. The lowest BCUT2D eigenvalue weighted by Gasteiger charge is -2.08. The number of aryl methyl sites for hydroxylation is 1. The first-order valence-corrected chi connectivity index (χ1v) is 7.52. The van der Waals surface area contributed by atoms with Gasteiger partial charge >= 0.3 is 0 Å². The van der Waals surface area contributed by atoms with Gasteiger partial charge in [-0.2, -0.15) is 0 Å². The molecule has 1 aromatic rings. The molecule has 0 spiro atoms. The fourth-order valence-corrected chi connectivity index (χ4v) is 3.26. The number of amides is 1. The normalized spacial score (nSPS) is 21.3. The molecular weight excluding hydrogens is 284 g/mol. The van der Waals surface area contributed by atoms with Gasteiger partial charge in [-0.05, 0) is 30.9 Å². The zero-order chi connectivity index (χ0) is 15.1. The van der Waals surface area contributed by atoms with E-state index in [9.17, 15) is 23.3 Å². The molecule has 1 aliphatic carbocycles. The highest BCUT2D eigenvalue weighted by atomic mass is 32.2. The summed E-state index contributed by atoms with van der Waals surface area (Å²) in [5.74, 6) is -0.582. The highest BCUT2D eigenvalue weighted by Gasteiger charge is 2.40. The van der Waals surface area contributed by atoms with E-state index < -0.39 is 20.9 Å². The summed E-state index contributed by atoms with van der Waals surface area (Å²) in [7, 11) is -3.98. The Bertz CT molecular complexity index is 683. The van der Waals surface area contributed by atoms with E-state index in [0.29, 0.717) is 6.42 Å². The Kier molecular flexibility index (Phi) is 3.51. The molecule has 0 unspecified atom stereocenters. The number of hydrogen-bond donors (Lipinski definition) is 1. The molecule has 8 heteroatoms. The molecular formula is C12H14N2O5S. The molecule has 1 saturated carbocycles. The van der Waals surface area contributed by atoms with Crippen molar-refractivity contribution in [1.82, 2.24) is 4.72 Å². The summed E-state index contributed by atoms with van der Waals surface area (Å²) in [5.41, 5.74) is 0.0342. The monoisotopic (exact) mass is 298 g/mol. The summed E-state index contributed by atoms with van der Waals surface area (Å²) in [6.07, 6.45) is 0.681. The number of benzene rings is 1. The number of nitrogens with zero attached hydrogens (tertiary/aromatic N) is 1. The van der Waals surface area contributed by atoms with E-state index in [-0.39, 0.29) is 28.0 Å². The van der Waals surface area contributed by atoms with Gasteiger partial charge in [0.05, 0.1) is 9.82 Å². The second-order valence-corrected chi connectivity index (χ2v) is 6.65. The van der Waals surface area contributed by atoms with Crippen LogP contribution in [0.3, 0.4) is 0 Å². The molecule has 1 fully saturated rings. The molecule has 2 atom stereocenters. The molecule has 0 heterocycles. The van der Waals surface area contributed by atoms with Crippen molar-refractivity contribution in [2.45, 2.75) is 25.2 Å². The molecule has 0 aromatic heterocycles. The summed E-state index contributed by atoms with van der Waals surface area (Å²) in [4.78, 5) is 21.6. The van der Waals surface area contributed by atoms with Crippen LogP contribution in [0.15, 0.2) is 23.1 Å². The lowest BCUT2D eigenvalue weighted by Crippen LogP contribution is -2.32. The first-order valence-electron chi connectivity index (χ1n) is 6.04. The van der Waals surface area contributed by atoms with Crippen molar-refractivity contribution in [2.75, 3.05) is 0 Å². The van der Waals surface area contributed by atoms with E-state index in [1.165, 1.54) is 13.0 Å². The summed E-state index contributed by atoms with van der Waals surface area (Å²) in [6.45, 7) is 3.32. The summed E-state index contributed by atoms with van der Waals surface area (Å²) < 4.78 is 26.2. The minimum Gasteiger partial charge on any atom is -0.274 e. The van der Waals surface area contributed by atoms with Crippen molar-refractivity contribution in [2.24, 2.45) is 11.8 Å². The lowest BCUT2D eigenvalue weighted by molar-refractivity contribution is -0.385. The van der Waals surface area contributed by atoms with Crippen LogP contribution in [-0.4, -0.2) is 19.2 Å². The summed E-state index contributed by atoms with van der Waals surface area (Å²) in [6, 6.07) is 3.41. The Morgan fingerprint density at radius 3 is 2.50 bits per heavy atom. The predicted molar refractivity (Wildman–Crippen MR) is 70.4 cm³/mol. The van der Waals surface area contributed by atoms with E-state index in [2.05, 4.69) is 0 Å². The SMILES string of the molecule is Cc1cc([N+](=O)[O-])ccc1S(=O)(=O)NC(=O)[C@@H]1C[C@@H]1C. The molecule has 0 aliphatic heterocycles. The van der Waals surface area contributed by atoms with Crippen LogP contribution in [0.4, 0.5) is 5.69 Å². The predicted octanol–water partition coefficient (Wildman–Crippen LogP) is 1.36. The minimum absolute atomic E-state index is 0.121. The third-order valence-electron chi connectivity index (χ3n) is 3.34. The molecule has 2 rings (SSSR count). The second-order valence-electron chi connectivity index (χ2n) is 5.00. The van der Waals surface area contributed by atoms with Crippen molar-refractivity contribution in [3.8, 4) is 0 Å². The van der Waals surface area contributed by atoms with Gasteiger partial charge in [0, 0.05) is 18.1 Å². The molecule has 1 aliphatic rings. The van der Waals surface area contributed by atoms with Crippen LogP contribution >= 0.6 is 0 Å². The van der Waals surface area contributed by atoms with Crippen molar-refractivity contribution >= 4 is 21.6 Å². The van der Waals surface area contributed by atoms with Gasteiger partial charge in [-0.25, -0.2) is 13.1 Å². The Hall–Kier alpha value is -1.96. The highest BCUT2D eigenvalue weighted by Crippen LogP contribution is 2.38. The summed E-state index contributed by atoms with van der Waals surface area (Å²) in [5, 5.41) is 10.6. The Morgan fingerprint density at radius 2 is 2.05 bits per heavy atom. The van der Waals surface area contributed by atoms with Crippen molar-refractivity contribution in [3.05, 3.63) is 33.9 Å². The second kappa shape index (κ2) is 4.86. The first kappa shape index (κ1) is 14.4. The molecule has 108 valence electrons. The van der Waals surface area contributed by atoms with E-state index in [4.69, 9.17) is 0 Å². The van der Waals surface area contributed by atoms with Crippen LogP contribution in [-0.2, 0) is 14.8 Å². The number of non-ortho nitro benzene ring substituents is 1. The van der Waals surface area contributed by atoms with E-state index in [1.807, 2.05) is 11.6 Å². The third-order valence-corrected chi connectivity index (χ3v) is 4.85. The maximum Gasteiger partial charge on any atom is 0.269 e. The molecule has 1 amide bonds. The number of carbonyl (C=O) groups is 1. The van der Waals surface area contributed by atoms with Gasteiger partial charge in [-0.1, -0.05) is 6.92 Å². The highest BCUT2D eigenvalue weighted by molar-refractivity contribution is 7.90. The zero-order valence-corrected chi connectivity index (χ0v) is 11.8. The van der Waals surface area contributed by atoms with Gasteiger partial charge in [0.1, 0.15) is 0 Å². The van der Waals surface area contributed by atoms with E-state index >= 15 is 0 Å². The first-order chi connectivity index (χ1) is 9.22. The van der Waals surface area contributed by atoms with Crippen molar-refractivity contribution in [1.29, 1.82) is 0 Å². The maximum atomic E-state index is 12.1. The summed E-state index contributed by atoms with van der Waals surface area (Å²) >= 11 is 0. The van der Waals surface area contributed by atoms with Crippen LogP contribution in [0.25, 0.3) is 0 Å². The van der Waals surface area contributed by atoms with Gasteiger partial charge in [0.25, 0.3) is 15.7 Å². The van der Waals surface area contributed by atoms with Gasteiger partial charge in [0.15, 0.2) is 0 Å². The number of sulfonamides is 1. The van der Waals surface area contributed by atoms with Crippen molar-refractivity contribution < 1.29 is 18.1 Å². The van der Waals surface area contributed by atoms with Crippen LogP contribution in [0.5, 0.6) is 0 Å². The van der Waals surface area contributed by atoms with Gasteiger partial charge < -0.3 is 0 Å². The maximum absolute atomic E-state index is 12.1. The average Bonchev–Trinajstić information content (AvgIpc) is 3.05. The number of nitro benzene ring substituents is 1. The van der Waals surface area contributed by atoms with Crippen LogP contribution in [0, 0.1) is 28.9 Å². The van der Waals surface area contributed by atoms with E-state index in [1.54, 1.807) is 0 Å². The molecule has 1 aromatic carbocycles. The smallest absolute Gasteiger partial charge is 0.269 e. The van der Waals surface area contributed by atoms with E-state index in [0.717, 1.165) is 12.1 Å². The molecule has 20 heavy (non-hydrogen) atoms.